The average Bonchev–Trinajstić information content (AvgIpc) is 2.92. The molecule has 2 rings (SSSR count). The number of alkyl carbamates (subject to hydrolysis) is 1. The van der Waals surface area contributed by atoms with Crippen molar-refractivity contribution < 1.29 is 24.1 Å². The van der Waals surface area contributed by atoms with Crippen molar-refractivity contribution in [1.29, 1.82) is 0 Å². The Morgan fingerprint density at radius 3 is 2.27 bits per heavy atom. The highest BCUT2D eigenvalue weighted by Crippen LogP contribution is 2.47. The normalized spacial score (nSPS) is 30.5. The van der Waals surface area contributed by atoms with E-state index in [-0.39, 0.29) is 24.2 Å². The average molecular weight is 367 g/mol. The Bertz CT molecular complexity index is 541. The van der Waals surface area contributed by atoms with Crippen LogP contribution in [-0.2, 0) is 14.2 Å². The molecule has 1 aliphatic heterocycles. The number of ether oxygens (including phenoxy) is 3. The van der Waals surface area contributed by atoms with Crippen molar-refractivity contribution in [3.8, 4) is 0 Å². The summed E-state index contributed by atoms with van der Waals surface area (Å²) in [6, 6.07) is -0.303. The second-order valence-corrected chi connectivity index (χ2v) is 8.75. The number of aliphatic hydroxyl groups is 1. The lowest BCUT2D eigenvalue weighted by molar-refractivity contribution is -0.170. The lowest BCUT2D eigenvalue weighted by Crippen LogP contribution is -2.45. The van der Waals surface area contributed by atoms with Gasteiger partial charge in [0.05, 0.1) is 17.7 Å². The fourth-order valence-corrected chi connectivity index (χ4v) is 3.99. The maximum absolute atomic E-state index is 12.2. The van der Waals surface area contributed by atoms with Gasteiger partial charge in [0.15, 0.2) is 5.79 Å². The van der Waals surface area contributed by atoms with Crippen molar-refractivity contribution in [2.75, 3.05) is 0 Å². The van der Waals surface area contributed by atoms with Crippen LogP contribution in [0.15, 0.2) is 25.3 Å². The number of hydrogen-bond acceptors (Lipinski definition) is 5. The Hall–Kier alpha value is -1.37. The molecule has 1 heterocycles. The van der Waals surface area contributed by atoms with E-state index >= 15 is 0 Å². The monoisotopic (exact) mass is 367 g/mol. The summed E-state index contributed by atoms with van der Waals surface area (Å²) in [5.74, 6) is -0.990. The van der Waals surface area contributed by atoms with Crippen LogP contribution in [0.3, 0.4) is 0 Å². The number of nitrogens with one attached hydrogen (secondary N) is 1. The summed E-state index contributed by atoms with van der Waals surface area (Å²) >= 11 is 0. The first-order valence-corrected chi connectivity index (χ1v) is 9.20. The molecule has 1 amide bonds. The van der Waals surface area contributed by atoms with Crippen molar-refractivity contribution in [3.63, 3.8) is 0 Å². The van der Waals surface area contributed by atoms with Gasteiger partial charge in [0.1, 0.15) is 11.7 Å². The van der Waals surface area contributed by atoms with Gasteiger partial charge < -0.3 is 24.6 Å². The largest absolute Gasteiger partial charge is 0.444 e. The van der Waals surface area contributed by atoms with E-state index in [4.69, 9.17) is 14.2 Å². The van der Waals surface area contributed by atoms with Crippen LogP contribution in [0.5, 0.6) is 0 Å². The van der Waals surface area contributed by atoms with Crippen molar-refractivity contribution in [3.05, 3.63) is 25.3 Å². The Morgan fingerprint density at radius 2 is 1.77 bits per heavy atom. The Balaban J connectivity index is 2.22. The van der Waals surface area contributed by atoms with Crippen LogP contribution in [0.25, 0.3) is 0 Å². The first-order valence-electron chi connectivity index (χ1n) is 9.20. The maximum Gasteiger partial charge on any atom is 0.407 e. The zero-order valence-corrected chi connectivity index (χ0v) is 16.6. The van der Waals surface area contributed by atoms with Gasteiger partial charge in [0.2, 0.25) is 0 Å². The van der Waals surface area contributed by atoms with E-state index in [2.05, 4.69) is 18.5 Å². The molecule has 0 unspecified atom stereocenters. The molecule has 2 N–H and O–H groups in total. The molecule has 0 aromatic heterocycles. The van der Waals surface area contributed by atoms with E-state index in [9.17, 15) is 9.90 Å². The summed E-state index contributed by atoms with van der Waals surface area (Å²) in [5.41, 5.74) is -1.62. The number of carbonyl (C=O) groups excluding carboxylic acids is 1. The van der Waals surface area contributed by atoms with E-state index in [1.165, 1.54) is 0 Å². The van der Waals surface area contributed by atoms with E-state index in [0.29, 0.717) is 19.3 Å². The molecule has 6 nitrogen and oxygen atoms in total. The maximum atomic E-state index is 12.2. The van der Waals surface area contributed by atoms with Crippen molar-refractivity contribution in [1.82, 2.24) is 5.32 Å². The van der Waals surface area contributed by atoms with Crippen LogP contribution >= 0.6 is 0 Å². The van der Waals surface area contributed by atoms with Crippen LogP contribution in [0.2, 0.25) is 0 Å². The van der Waals surface area contributed by atoms with E-state index in [1.807, 2.05) is 34.6 Å². The highest BCUT2D eigenvalue weighted by molar-refractivity contribution is 5.68. The van der Waals surface area contributed by atoms with Crippen LogP contribution in [0.4, 0.5) is 4.79 Å². The molecule has 0 aromatic carbocycles. The zero-order chi connectivity index (χ0) is 19.8. The van der Waals surface area contributed by atoms with Gasteiger partial charge in [-0.05, 0) is 53.9 Å². The predicted molar refractivity (Wildman–Crippen MR) is 99.7 cm³/mol. The number of carbonyl (C=O) groups is 1. The number of amides is 1. The van der Waals surface area contributed by atoms with Gasteiger partial charge in [-0.3, -0.25) is 0 Å². The van der Waals surface area contributed by atoms with Gasteiger partial charge in [-0.1, -0.05) is 12.2 Å². The molecular formula is C20H33NO5. The fraction of sp³-hybridized carbons (Fsp3) is 0.750. The number of hydrogen-bond donors (Lipinski definition) is 2. The van der Waals surface area contributed by atoms with Crippen molar-refractivity contribution in [2.45, 2.75) is 89.1 Å². The van der Waals surface area contributed by atoms with Crippen LogP contribution in [0.1, 0.15) is 53.9 Å². The van der Waals surface area contributed by atoms with Gasteiger partial charge in [-0.2, -0.15) is 0 Å². The van der Waals surface area contributed by atoms with Crippen LogP contribution in [0, 0.1) is 5.92 Å². The minimum Gasteiger partial charge on any atom is -0.444 e. The summed E-state index contributed by atoms with van der Waals surface area (Å²) in [6.07, 6.45) is 3.60. The summed E-state index contributed by atoms with van der Waals surface area (Å²) in [4.78, 5) is 12.2. The van der Waals surface area contributed by atoms with Crippen LogP contribution in [-0.4, -0.2) is 46.4 Å². The molecule has 1 saturated heterocycles. The third-order valence-corrected chi connectivity index (χ3v) is 4.85. The van der Waals surface area contributed by atoms with Gasteiger partial charge in [0.25, 0.3) is 0 Å². The standard InChI is InChI=1S/C20H33NO5/c1-8-10-20(23,11-9-2)13-12-14(21-17(22)26-18(3,4)5)16-15(13)24-19(6,7)25-16/h8-9,13-16,23H,1-2,10-12H2,3-7H3,(H,21,22)/t13-,14+,15+,16-/m0/s1. The molecule has 0 aromatic rings. The minimum atomic E-state index is -1.04. The number of fused-ring (bicyclic) bond motifs is 1. The second-order valence-electron chi connectivity index (χ2n) is 8.75. The summed E-state index contributed by atoms with van der Waals surface area (Å²) in [5, 5.41) is 14.1. The molecule has 1 aliphatic carbocycles. The SMILES string of the molecule is C=CCC(O)(CC=C)[C@H]1C[C@@H](NC(=O)OC(C)(C)C)[C@@H]2OC(C)(C)O[C@@H]21. The van der Waals surface area contributed by atoms with E-state index < -0.39 is 23.1 Å². The molecular weight excluding hydrogens is 334 g/mol. The van der Waals surface area contributed by atoms with E-state index in [1.54, 1.807) is 12.2 Å². The molecule has 0 radical (unpaired) electrons. The molecule has 26 heavy (non-hydrogen) atoms. The molecule has 0 spiro atoms. The Labute approximate surface area is 156 Å². The fourth-order valence-electron chi connectivity index (χ4n) is 3.99. The van der Waals surface area contributed by atoms with Gasteiger partial charge in [-0.15, -0.1) is 13.2 Å². The summed E-state index contributed by atoms with van der Waals surface area (Å²) < 4.78 is 17.5. The second kappa shape index (κ2) is 7.33. The highest BCUT2D eigenvalue weighted by Gasteiger charge is 2.59. The lowest BCUT2D eigenvalue weighted by atomic mass is 9.79. The highest BCUT2D eigenvalue weighted by atomic mass is 16.8. The lowest BCUT2D eigenvalue weighted by Gasteiger charge is -2.36. The Kier molecular flexibility index (Phi) is 5.90. The molecule has 2 aliphatic rings. The minimum absolute atomic E-state index is 0.217. The number of rotatable bonds is 6. The van der Waals surface area contributed by atoms with Crippen LogP contribution < -0.4 is 5.32 Å². The molecule has 4 atom stereocenters. The third-order valence-electron chi connectivity index (χ3n) is 4.85. The predicted octanol–water partition coefficient (Wildman–Crippen LogP) is 3.30. The summed E-state index contributed by atoms with van der Waals surface area (Å²) in [7, 11) is 0. The first-order chi connectivity index (χ1) is 11.9. The Morgan fingerprint density at radius 1 is 1.23 bits per heavy atom. The van der Waals surface area contributed by atoms with Gasteiger partial charge in [-0.25, -0.2) is 4.79 Å². The molecule has 1 saturated carbocycles. The topological polar surface area (TPSA) is 77.0 Å². The smallest absolute Gasteiger partial charge is 0.407 e. The quantitative estimate of drug-likeness (QED) is 0.705. The molecule has 2 fully saturated rings. The summed E-state index contributed by atoms with van der Waals surface area (Å²) in [6.45, 7) is 16.7. The first kappa shape index (κ1) is 20.9. The van der Waals surface area contributed by atoms with Gasteiger partial charge >= 0.3 is 6.09 Å². The van der Waals surface area contributed by atoms with Gasteiger partial charge in [0, 0.05) is 5.92 Å². The third kappa shape index (κ3) is 4.67. The van der Waals surface area contributed by atoms with Crippen molar-refractivity contribution >= 4 is 6.09 Å². The zero-order valence-electron chi connectivity index (χ0n) is 16.6. The molecule has 0 bridgehead atoms. The van der Waals surface area contributed by atoms with Crippen molar-refractivity contribution in [2.24, 2.45) is 5.92 Å². The molecule has 6 heteroatoms. The van der Waals surface area contributed by atoms with E-state index in [0.717, 1.165) is 0 Å². The molecule has 148 valence electrons.